The number of aliphatic carboxylic acids is 1. The van der Waals surface area contributed by atoms with E-state index in [-0.39, 0.29) is 17.7 Å². The molecule has 0 spiro atoms. The highest BCUT2D eigenvalue weighted by Gasteiger charge is 2.43. The summed E-state index contributed by atoms with van der Waals surface area (Å²) < 4.78 is 0. The summed E-state index contributed by atoms with van der Waals surface area (Å²) in [7, 11) is 0. The van der Waals surface area contributed by atoms with Crippen LogP contribution in [0.15, 0.2) is 0 Å². The van der Waals surface area contributed by atoms with Gasteiger partial charge in [-0.05, 0) is 111 Å². The molecule has 0 aromatic heterocycles. The van der Waals surface area contributed by atoms with Gasteiger partial charge < -0.3 is 21.9 Å². The molecule has 6 aliphatic rings. The molecule has 0 unspecified atom stereocenters. The van der Waals surface area contributed by atoms with E-state index in [0.717, 1.165) is 49.0 Å². The highest BCUT2D eigenvalue weighted by Crippen LogP contribution is 2.49. The van der Waals surface area contributed by atoms with Crippen LogP contribution in [0, 0.1) is 53.3 Å². The number of amides is 1. The topological polar surface area (TPSA) is 118 Å². The summed E-state index contributed by atoms with van der Waals surface area (Å²) in [6.45, 7) is 1.01. The Morgan fingerprint density at radius 2 is 1.25 bits per heavy atom. The molecule has 1 amide bonds. The first-order chi connectivity index (χ1) is 15.3. The molecule has 0 aromatic carbocycles. The van der Waals surface area contributed by atoms with E-state index in [9.17, 15) is 9.59 Å². The number of carbonyl (C=O) groups is 2. The molecule has 6 N–H and O–H groups in total. The van der Waals surface area contributed by atoms with Crippen molar-refractivity contribution in [3.8, 4) is 0 Å². The number of nitrogens with one attached hydrogen (secondary N) is 1. The minimum absolute atomic E-state index is 0.0127. The van der Waals surface area contributed by atoms with Gasteiger partial charge in [0, 0.05) is 12.5 Å². The largest absolute Gasteiger partial charge is 0.481 e. The Labute approximate surface area is 197 Å². The summed E-state index contributed by atoms with van der Waals surface area (Å²) in [4.78, 5) is 21.4. The lowest BCUT2D eigenvalue weighted by atomic mass is 9.88. The molecule has 7 heteroatoms. The van der Waals surface area contributed by atoms with Gasteiger partial charge in [-0.25, -0.2) is 0 Å². The molecular weight excluding hydrogens is 422 g/mol. The lowest BCUT2D eigenvalue weighted by Gasteiger charge is -2.21. The van der Waals surface area contributed by atoms with Crippen molar-refractivity contribution in [2.75, 3.05) is 6.54 Å². The third kappa shape index (κ3) is 5.57. The number of thiocarbonyl (C=S) groups is 1. The van der Waals surface area contributed by atoms with Crippen LogP contribution in [-0.2, 0) is 9.59 Å². The second-order valence-electron chi connectivity index (χ2n) is 11.5. The van der Waals surface area contributed by atoms with Gasteiger partial charge in [0.15, 0.2) is 5.11 Å². The standard InChI is InChI=1S/C9H16N2S.C8H13NO.C8H12O2/c10-9(12)11-5-8-4-6-1-2-7(8)3-6;2*9-8(10)7-4-5-1-2-6(7)3-5/h6-8H,1-5H2,(H3,10,11,12);5-7H,1-4H2,(H2,9,10);5-7H,1-4H2,(H,9,10)/t6-,7+,8-;2*5-,6+,7+/m111/s1. The average Bonchev–Trinajstić information content (AvgIpc) is 3.59. The molecule has 6 rings (SSSR count). The van der Waals surface area contributed by atoms with Gasteiger partial charge in [0.1, 0.15) is 0 Å². The summed E-state index contributed by atoms with van der Waals surface area (Å²) in [5.41, 5.74) is 10.6. The van der Waals surface area contributed by atoms with E-state index in [2.05, 4.69) is 5.32 Å². The molecule has 32 heavy (non-hydrogen) atoms. The summed E-state index contributed by atoms with van der Waals surface area (Å²) in [6, 6.07) is 0. The average molecular weight is 464 g/mol. The Hall–Kier alpha value is -1.37. The highest BCUT2D eigenvalue weighted by molar-refractivity contribution is 7.80. The monoisotopic (exact) mass is 463 g/mol. The van der Waals surface area contributed by atoms with Crippen LogP contribution in [-0.4, -0.2) is 28.6 Å². The molecule has 0 aromatic rings. The van der Waals surface area contributed by atoms with Gasteiger partial charge >= 0.3 is 5.97 Å². The van der Waals surface area contributed by atoms with Crippen LogP contribution < -0.4 is 16.8 Å². The highest BCUT2D eigenvalue weighted by atomic mass is 32.1. The van der Waals surface area contributed by atoms with Crippen molar-refractivity contribution in [1.82, 2.24) is 5.32 Å². The van der Waals surface area contributed by atoms with E-state index in [1.54, 1.807) is 0 Å². The molecule has 0 aliphatic heterocycles. The predicted octanol–water partition coefficient (Wildman–Crippen LogP) is 3.67. The molecule has 6 saturated carbocycles. The van der Waals surface area contributed by atoms with Crippen molar-refractivity contribution >= 4 is 29.2 Å². The maximum Gasteiger partial charge on any atom is 0.306 e. The van der Waals surface area contributed by atoms with E-state index < -0.39 is 5.97 Å². The zero-order valence-electron chi connectivity index (χ0n) is 19.2. The van der Waals surface area contributed by atoms with Crippen molar-refractivity contribution < 1.29 is 14.7 Å². The van der Waals surface area contributed by atoms with E-state index in [1.165, 1.54) is 64.2 Å². The summed E-state index contributed by atoms with van der Waals surface area (Å²) >= 11 is 4.78. The maximum absolute atomic E-state index is 10.8. The number of primary amides is 1. The third-order valence-corrected chi connectivity index (χ3v) is 9.73. The maximum atomic E-state index is 10.8. The lowest BCUT2D eigenvalue weighted by molar-refractivity contribution is -0.143. The van der Waals surface area contributed by atoms with Crippen molar-refractivity contribution in [3.05, 3.63) is 0 Å². The van der Waals surface area contributed by atoms with Gasteiger partial charge in [-0.2, -0.15) is 0 Å². The fourth-order valence-electron chi connectivity index (χ4n) is 8.00. The van der Waals surface area contributed by atoms with Crippen LogP contribution in [0.5, 0.6) is 0 Å². The van der Waals surface area contributed by atoms with Crippen molar-refractivity contribution in [1.29, 1.82) is 0 Å². The van der Waals surface area contributed by atoms with Crippen LogP contribution in [0.1, 0.15) is 77.0 Å². The Bertz CT molecular complexity index is 679. The van der Waals surface area contributed by atoms with Gasteiger partial charge in [0.05, 0.1) is 5.92 Å². The SMILES string of the molecule is NC(=O)[C@H]1C[C@@H]2CC[C@H]1C2.NC(=S)NC[C@H]1C[C@@H]2CC[C@H]1C2.O=C(O)[C@H]1C[C@@H]2CC[C@H]1C2. The molecule has 6 nitrogen and oxygen atoms in total. The van der Waals surface area contributed by atoms with Gasteiger partial charge in [-0.1, -0.05) is 19.3 Å². The minimum Gasteiger partial charge on any atom is -0.481 e. The van der Waals surface area contributed by atoms with Gasteiger partial charge in [0.2, 0.25) is 5.91 Å². The van der Waals surface area contributed by atoms with Crippen molar-refractivity contribution in [3.63, 3.8) is 0 Å². The van der Waals surface area contributed by atoms with Crippen LogP contribution in [0.3, 0.4) is 0 Å². The number of hydrogen-bond donors (Lipinski definition) is 4. The van der Waals surface area contributed by atoms with Gasteiger partial charge in [-0.3, -0.25) is 9.59 Å². The van der Waals surface area contributed by atoms with E-state index in [4.69, 9.17) is 28.8 Å². The molecule has 0 radical (unpaired) electrons. The molecule has 0 saturated heterocycles. The third-order valence-electron chi connectivity index (χ3n) is 9.58. The Balaban J connectivity index is 0.000000115. The second kappa shape index (κ2) is 10.3. The molecule has 0 heterocycles. The normalized spacial score (nSPS) is 42.1. The Morgan fingerprint density at radius 1 is 0.750 bits per heavy atom. The molecular formula is C25H41N3O3S. The fourth-order valence-corrected chi connectivity index (χ4v) is 8.08. The number of hydrogen-bond acceptors (Lipinski definition) is 3. The first kappa shape index (κ1) is 23.8. The molecule has 6 aliphatic carbocycles. The number of carboxylic acids is 1. The summed E-state index contributed by atoms with van der Waals surface area (Å²) in [5.74, 6) is 5.24. The quantitative estimate of drug-likeness (QED) is 0.472. The van der Waals surface area contributed by atoms with Crippen LogP contribution in [0.4, 0.5) is 0 Å². The van der Waals surface area contributed by atoms with E-state index in [0.29, 0.717) is 16.9 Å². The summed E-state index contributed by atoms with van der Waals surface area (Å²) in [5, 5.41) is 12.3. The van der Waals surface area contributed by atoms with Crippen LogP contribution in [0.2, 0.25) is 0 Å². The number of rotatable bonds is 4. The molecule has 6 bridgehead atoms. The van der Waals surface area contributed by atoms with Crippen molar-refractivity contribution in [2.45, 2.75) is 77.0 Å². The Kier molecular flexibility index (Phi) is 7.63. The summed E-state index contributed by atoms with van der Waals surface area (Å²) in [6.07, 6.45) is 15.3. The fraction of sp³-hybridized carbons (Fsp3) is 0.880. The van der Waals surface area contributed by atoms with Gasteiger partial charge in [-0.15, -0.1) is 0 Å². The predicted molar refractivity (Wildman–Crippen MR) is 128 cm³/mol. The van der Waals surface area contributed by atoms with Crippen LogP contribution >= 0.6 is 12.2 Å². The number of fused-ring (bicyclic) bond motifs is 6. The lowest BCUT2D eigenvalue weighted by Crippen LogP contribution is -2.35. The first-order valence-corrected chi connectivity index (χ1v) is 13.3. The van der Waals surface area contributed by atoms with E-state index >= 15 is 0 Å². The van der Waals surface area contributed by atoms with E-state index in [1.807, 2.05) is 0 Å². The number of nitrogens with two attached hydrogens (primary N) is 2. The zero-order valence-corrected chi connectivity index (χ0v) is 20.0. The molecule has 6 fully saturated rings. The van der Waals surface area contributed by atoms with Gasteiger partial charge in [0.25, 0.3) is 0 Å². The second-order valence-corrected chi connectivity index (χ2v) is 11.9. The smallest absolute Gasteiger partial charge is 0.306 e. The van der Waals surface area contributed by atoms with Crippen molar-refractivity contribution in [2.24, 2.45) is 64.7 Å². The molecule has 180 valence electrons. The Morgan fingerprint density at radius 3 is 1.53 bits per heavy atom. The van der Waals surface area contributed by atoms with Crippen LogP contribution in [0.25, 0.3) is 0 Å². The number of carboxylic acid groups (broad SMARTS) is 1. The minimum atomic E-state index is -0.563. The number of carbonyl (C=O) groups excluding carboxylic acids is 1. The first-order valence-electron chi connectivity index (χ1n) is 12.9. The zero-order chi connectivity index (χ0) is 22.8. The molecule has 9 atom stereocenters.